The number of hydrogen-bond acceptors (Lipinski definition) is 2. The van der Waals surface area contributed by atoms with Gasteiger partial charge in [-0.3, -0.25) is 4.79 Å². The Morgan fingerprint density at radius 2 is 2.00 bits per heavy atom. The van der Waals surface area contributed by atoms with Crippen molar-refractivity contribution in [2.75, 3.05) is 26.2 Å². The molecule has 0 aromatic carbocycles. The molecule has 1 aliphatic heterocycles. The molecule has 3 heteroatoms. The Labute approximate surface area is 99.1 Å². The van der Waals surface area contributed by atoms with E-state index in [1.165, 1.54) is 38.4 Å². The highest BCUT2D eigenvalue weighted by Crippen LogP contribution is 2.09. The average molecular weight is 224 g/mol. The maximum absolute atomic E-state index is 11.6. The Bertz CT molecular complexity index is 232. The van der Waals surface area contributed by atoms with Crippen molar-refractivity contribution in [2.45, 2.75) is 39.2 Å². The number of carbonyl (C=O) groups is 1. The molecule has 0 aromatic rings. The molecular weight excluding hydrogens is 200 g/mol. The summed E-state index contributed by atoms with van der Waals surface area (Å²) < 4.78 is 0. The van der Waals surface area contributed by atoms with Gasteiger partial charge < -0.3 is 9.80 Å². The summed E-state index contributed by atoms with van der Waals surface area (Å²) in [5.41, 5.74) is 0. The second-order valence-electron chi connectivity index (χ2n) is 4.73. The van der Waals surface area contributed by atoms with Gasteiger partial charge in [0.05, 0.1) is 0 Å². The standard InChI is InChI=1S/C13H24N2O/c1-4-13(16)15(12(2)3)11-10-14-8-6-5-7-9-14/h4,12H,1,5-11H2,2-3H3. The van der Waals surface area contributed by atoms with Crippen LogP contribution in [-0.2, 0) is 4.79 Å². The van der Waals surface area contributed by atoms with E-state index >= 15 is 0 Å². The van der Waals surface area contributed by atoms with E-state index in [9.17, 15) is 4.79 Å². The Morgan fingerprint density at radius 1 is 1.38 bits per heavy atom. The number of rotatable bonds is 5. The van der Waals surface area contributed by atoms with Crippen molar-refractivity contribution in [2.24, 2.45) is 0 Å². The van der Waals surface area contributed by atoms with Gasteiger partial charge in [0, 0.05) is 19.1 Å². The van der Waals surface area contributed by atoms with Crippen LogP contribution in [0.3, 0.4) is 0 Å². The van der Waals surface area contributed by atoms with Gasteiger partial charge in [-0.1, -0.05) is 13.0 Å². The van der Waals surface area contributed by atoms with E-state index in [2.05, 4.69) is 25.3 Å². The van der Waals surface area contributed by atoms with Crippen LogP contribution >= 0.6 is 0 Å². The van der Waals surface area contributed by atoms with E-state index in [0.29, 0.717) is 0 Å². The van der Waals surface area contributed by atoms with Crippen LogP contribution in [-0.4, -0.2) is 47.9 Å². The zero-order valence-corrected chi connectivity index (χ0v) is 10.6. The van der Waals surface area contributed by atoms with Crippen molar-refractivity contribution < 1.29 is 4.79 Å². The summed E-state index contributed by atoms with van der Waals surface area (Å²) >= 11 is 0. The quantitative estimate of drug-likeness (QED) is 0.666. The van der Waals surface area contributed by atoms with Crippen LogP contribution in [0.4, 0.5) is 0 Å². The van der Waals surface area contributed by atoms with Gasteiger partial charge in [-0.05, 0) is 45.9 Å². The second-order valence-corrected chi connectivity index (χ2v) is 4.73. The first-order chi connectivity index (χ1) is 7.65. The molecule has 0 aliphatic carbocycles. The summed E-state index contributed by atoms with van der Waals surface area (Å²) in [5, 5.41) is 0. The third-order valence-corrected chi connectivity index (χ3v) is 3.19. The molecule has 0 unspecified atom stereocenters. The fourth-order valence-electron chi connectivity index (χ4n) is 2.17. The Kier molecular flexibility index (Phi) is 5.53. The number of amides is 1. The number of carbonyl (C=O) groups excluding carboxylic acids is 1. The van der Waals surface area contributed by atoms with Gasteiger partial charge in [-0.15, -0.1) is 0 Å². The van der Waals surface area contributed by atoms with E-state index in [4.69, 9.17) is 0 Å². The first kappa shape index (κ1) is 13.2. The Hall–Kier alpha value is -0.830. The zero-order valence-electron chi connectivity index (χ0n) is 10.6. The predicted octanol–water partition coefficient (Wildman–Crippen LogP) is 1.90. The Balaban J connectivity index is 2.36. The van der Waals surface area contributed by atoms with Gasteiger partial charge in [-0.25, -0.2) is 0 Å². The van der Waals surface area contributed by atoms with Crippen molar-refractivity contribution >= 4 is 5.91 Å². The van der Waals surface area contributed by atoms with Crippen molar-refractivity contribution in [3.63, 3.8) is 0 Å². The number of hydrogen-bond donors (Lipinski definition) is 0. The van der Waals surface area contributed by atoms with Crippen LogP contribution in [0.15, 0.2) is 12.7 Å². The minimum Gasteiger partial charge on any atom is -0.335 e. The monoisotopic (exact) mass is 224 g/mol. The molecule has 0 aromatic heterocycles. The fraction of sp³-hybridized carbons (Fsp3) is 0.769. The summed E-state index contributed by atoms with van der Waals surface area (Å²) in [4.78, 5) is 16.0. The molecule has 1 saturated heterocycles. The first-order valence-electron chi connectivity index (χ1n) is 6.30. The predicted molar refractivity (Wildman–Crippen MR) is 67.3 cm³/mol. The maximum atomic E-state index is 11.6. The van der Waals surface area contributed by atoms with Crippen molar-refractivity contribution in [3.05, 3.63) is 12.7 Å². The summed E-state index contributed by atoms with van der Waals surface area (Å²) in [6, 6.07) is 0.260. The lowest BCUT2D eigenvalue weighted by molar-refractivity contribution is -0.127. The topological polar surface area (TPSA) is 23.6 Å². The van der Waals surface area contributed by atoms with Gasteiger partial charge in [0.2, 0.25) is 5.91 Å². The number of piperidine rings is 1. The first-order valence-corrected chi connectivity index (χ1v) is 6.30. The van der Waals surface area contributed by atoms with Crippen LogP contribution in [0.5, 0.6) is 0 Å². The largest absolute Gasteiger partial charge is 0.335 e. The molecular formula is C13H24N2O. The third-order valence-electron chi connectivity index (χ3n) is 3.19. The molecule has 0 N–H and O–H groups in total. The fourth-order valence-corrected chi connectivity index (χ4v) is 2.17. The highest BCUT2D eigenvalue weighted by atomic mass is 16.2. The molecule has 92 valence electrons. The molecule has 1 aliphatic rings. The lowest BCUT2D eigenvalue weighted by atomic mass is 10.1. The van der Waals surface area contributed by atoms with Crippen LogP contribution in [0.25, 0.3) is 0 Å². The van der Waals surface area contributed by atoms with E-state index in [0.717, 1.165) is 13.1 Å². The summed E-state index contributed by atoms with van der Waals surface area (Å²) in [6.07, 6.45) is 5.38. The van der Waals surface area contributed by atoms with Crippen LogP contribution in [0.1, 0.15) is 33.1 Å². The Morgan fingerprint density at radius 3 is 2.50 bits per heavy atom. The van der Waals surface area contributed by atoms with Crippen molar-refractivity contribution in [1.29, 1.82) is 0 Å². The summed E-state index contributed by atoms with van der Waals surface area (Å²) in [7, 11) is 0. The highest BCUT2D eigenvalue weighted by Gasteiger charge is 2.16. The molecule has 1 rings (SSSR count). The molecule has 0 saturated carbocycles. The van der Waals surface area contributed by atoms with Gasteiger partial charge in [0.15, 0.2) is 0 Å². The van der Waals surface area contributed by atoms with Crippen LogP contribution < -0.4 is 0 Å². The lowest BCUT2D eigenvalue weighted by Crippen LogP contribution is -2.43. The molecule has 1 amide bonds. The molecule has 1 heterocycles. The maximum Gasteiger partial charge on any atom is 0.246 e. The van der Waals surface area contributed by atoms with Crippen LogP contribution in [0.2, 0.25) is 0 Å². The summed E-state index contributed by atoms with van der Waals surface area (Å²) in [5.74, 6) is 0.0482. The van der Waals surface area contributed by atoms with Gasteiger partial charge in [0.1, 0.15) is 0 Å². The van der Waals surface area contributed by atoms with E-state index in [1.807, 2.05) is 4.90 Å². The van der Waals surface area contributed by atoms with Crippen molar-refractivity contribution in [3.8, 4) is 0 Å². The molecule has 3 nitrogen and oxygen atoms in total. The minimum absolute atomic E-state index is 0.0482. The van der Waals surface area contributed by atoms with Gasteiger partial charge >= 0.3 is 0 Å². The highest BCUT2D eigenvalue weighted by molar-refractivity contribution is 5.87. The van der Waals surface area contributed by atoms with E-state index in [-0.39, 0.29) is 11.9 Å². The van der Waals surface area contributed by atoms with Crippen molar-refractivity contribution in [1.82, 2.24) is 9.80 Å². The smallest absolute Gasteiger partial charge is 0.246 e. The number of nitrogens with zero attached hydrogens (tertiary/aromatic N) is 2. The third kappa shape index (κ3) is 3.97. The average Bonchev–Trinajstić information content (AvgIpc) is 2.30. The zero-order chi connectivity index (χ0) is 12.0. The van der Waals surface area contributed by atoms with Gasteiger partial charge in [0.25, 0.3) is 0 Å². The van der Waals surface area contributed by atoms with E-state index < -0.39 is 0 Å². The van der Waals surface area contributed by atoms with Gasteiger partial charge in [-0.2, -0.15) is 0 Å². The molecule has 0 bridgehead atoms. The molecule has 0 spiro atoms. The second kappa shape index (κ2) is 6.69. The summed E-state index contributed by atoms with van der Waals surface area (Å²) in [6.45, 7) is 11.9. The van der Waals surface area contributed by atoms with E-state index in [1.54, 1.807) is 0 Å². The molecule has 1 fully saturated rings. The SMILES string of the molecule is C=CC(=O)N(CCN1CCCCC1)C(C)C. The lowest BCUT2D eigenvalue weighted by Gasteiger charge is -2.31. The molecule has 0 atom stereocenters. The molecule has 0 radical (unpaired) electrons. The normalized spacial score (nSPS) is 17.4. The minimum atomic E-state index is 0.0482. The molecule has 16 heavy (non-hydrogen) atoms. The number of likely N-dealkylation sites (tertiary alicyclic amines) is 1. The van der Waals surface area contributed by atoms with Crippen LogP contribution in [0, 0.1) is 0 Å².